The van der Waals surface area contributed by atoms with Crippen LogP contribution in [0.5, 0.6) is 0 Å². The molecule has 0 saturated heterocycles. The maximum Gasteiger partial charge on any atom is 0.356 e. The van der Waals surface area contributed by atoms with E-state index in [1.807, 2.05) is 0 Å². The lowest BCUT2D eigenvalue weighted by molar-refractivity contribution is 0.0519. The number of carbonyl (C=O) groups is 1. The number of nitrogens with one attached hydrogen (secondary N) is 1. The predicted molar refractivity (Wildman–Crippen MR) is 46.6 cm³/mol. The van der Waals surface area contributed by atoms with Crippen LogP contribution in [0, 0.1) is 0 Å². The number of aromatic nitrogens is 2. The van der Waals surface area contributed by atoms with E-state index in [9.17, 15) is 9.18 Å². The summed E-state index contributed by atoms with van der Waals surface area (Å²) in [5, 5.41) is 6.22. The SMILES string of the molecule is CCOC(=O)c1cc(C2(F)CC2)n[nH]1. The van der Waals surface area contributed by atoms with Crippen LogP contribution in [0.3, 0.4) is 0 Å². The number of esters is 1. The van der Waals surface area contributed by atoms with Crippen molar-refractivity contribution in [1.82, 2.24) is 10.2 Å². The smallest absolute Gasteiger partial charge is 0.356 e. The number of aromatic amines is 1. The highest BCUT2D eigenvalue weighted by Gasteiger charge is 2.47. The second-order valence-corrected chi connectivity index (χ2v) is 3.35. The molecule has 1 aromatic heterocycles. The molecule has 0 radical (unpaired) electrons. The quantitative estimate of drug-likeness (QED) is 0.749. The third-order valence-electron chi connectivity index (χ3n) is 2.22. The number of alkyl halides is 1. The van der Waals surface area contributed by atoms with Crippen LogP contribution in [0.1, 0.15) is 35.9 Å². The van der Waals surface area contributed by atoms with E-state index in [1.165, 1.54) is 6.07 Å². The molecule has 2 rings (SSSR count). The van der Waals surface area contributed by atoms with Crippen LogP contribution >= 0.6 is 0 Å². The molecule has 14 heavy (non-hydrogen) atoms. The summed E-state index contributed by atoms with van der Waals surface area (Å²) in [6.07, 6.45) is 0.972. The fourth-order valence-electron chi connectivity index (χ4n) is 1.23. The molecular weight excluding hydrogens is 187 g/mol. The summed E-state index contributed by atoms with van der Waals surface area (Å²) in [6, 6.07) is 1.42. The van der Waals surface area contributed by atoms with Gasteiger partial charge in [0, 0.05) is 0 Å². The molecule has 1 aliphatic rings. The Hall–Kier alpha value is -1.39. The summed E-state index contributed by atoms with van der Waals surface area (Å²) in [5.41, 5.74) is -0.785. The normalized spacial score (nSPS) is 17.9. The molecule has 0 amide bonds. The van der Waals surface area contributed by atoms with Gasteiger partial charge in [-0.2, -0.15) is 5.10 Å². The molecule has 1 N–H and O–H groups in total. The number of hydrogen-bond acceptors (Lipinski definition) is 3. The number of carbonyl (C=O) groups excluding carboxylic acids is 1. The number of ether oxygens (including phenoxy) is 1. The molecular formula is C9H11FN2O2. The van der Waals surface area contributed by atoms with Crippen molar-refractivity contribution in [2.45, 2.75) is 25.4 Å². The monoisotopic (exact) mass is 198 g/mol. The molecule has 1 heterocycles. The third-order valence-corrected chi connectivity index (χ3v) is 2.22. The first-order valence-corrected chi connectivity index (χ1v) is 4.57. The number of hydrogen-bond donors (Lipinski definition) is 1. The minimum Gasteiger partial charge on any atom is -0.461 e. The Bertz CT molecular complexity index is 357. The van der Waals surface area contributed by atoms with Crippen LogP contribution in [0.25, 0.3) is 0 Å². The van der Waals surface area contributed by atoms with Crippen molar-refractivity contribution in [3.05, 3.63) is 17.5 Å². The van der Waals surface area contributed by atoms with Crippen LogP contribution in [0.4, 0.5) is 4.39 Å². The first-order valence-electron chi connectivity index (χ1n) is 4.57. The second kappa shape index (κ2) is 3.08. The minimum atomic E-state index is -1.30. The van der Waals surface area contributed by atoms with Gasteiger partial charge in [0.05, 0.1) is 6.61 Å². The van der Waals surface area contributed by atoms with E-state index in [-0.39, 0.29) is 5.69 Å². The van der Waals surface area contributed by atoms with Crippen LogP contribution in [-0.2, 0) is 10.4 Å². The van der Waals surface area contributed by atoms with Gasteiger partial charge in [-0.15, -0.1) is 0 Å². The lowest BCUT2D eigenvalue weighted by Gasteiger charge is -1.97. The van der Waals surface area contributed by atoms with E-state index >= 15 is 0 Å². The highest BCUT2D eigenvalue weighted by Crippen LogP contribution is 2.48. The fraction of sp³-hybridized carbons (Fsp3) is 0.556. The summed E-state index contributed by atoms with van der Waals surface area (Å²) in [7, 11) is 0. The molecule has 76 valence electrons. The molecule has 1 aromatic rings. The van der Waals surface area contributed by atoms with E-state index in [4.69, 9.17) is 4.74 Å². The van der Waals surface area contributed by atoms with Crippen molar-refractivity contribution >= 4 is 5.97 Å². The zero-order valence-electron chi connectivity index (χ0n) is 7.84. The Morgan fingerprint density at radius 3 is 3.07 bits per heavy atom. The van der Waals surface area contributed by atoms with Crippen LogP contribution < -0.4 is 0 Å². The summed E-state index contributed by atoms with van der Waals surface area (Å²) < 4.78 is 18.2. The highest BCUT2D eigenvalue weighted by molar-refractivity contribution is 5.87. The summed E-state index contributed by atoms with van der Waals surface area (Å²) >= 11 is 0. The van der Waals surface area contributed by atoms with Crippen LogP contribution in [0.15, 0.2) is 6.07 Å². The van der Waals surface area contributed by atoms with E-state index in [0.717, 1.165) is 0 Å². The maximum atomic E-state index is 13.5. The maximum absolute atomic E-state index is 13.5. The predicted octanol–water partition coefficient (Wildman–Crippen LogP) is 1.54. The van der Waals surface area contributed by atoms with Gasteiger partial charge in [-0.3, -0.25) is 5.10 Å². The van der Waals surface area contributed by atoms with Gasteiger partial charge in [0.25, 0.3) is 0 Å². The molecule has 4 nitrogen and oxygen atoms in total. The van der Waals surface area contributed by atoms with Gasteiger partial charge in [-0.05, 0) is 25.8 Å². The van der Waals surface area contributed by atoms with Crippen molar-refractivity contribution in [2.75, 3.05) is 6.61 Å². The average molecular weight is 198 g/mol. The fourth-order valence-corrected chi connectivity index (χ4v) is 1.23. The van der Waals surface area contributed by atoms with Crippen LogP contribution in [0.2, 0.25) is 0 Å². The first kappa shape index (κ1) is 9.18. The van der Waals surface area contributed by atoms with E-state index in [1.54, 1.807) is 6.92 Å². The number of halogens is 1. The van der Waals surface area contributed by atoms with Gasteiger partial charge < -0.3 is 4.74 Å². The van der Waals surface area contributed by atoms with E-state index in [2.05, 4.69) is 10.2 Å². The summed E-state index contributed by atoms with van der Waals surface area (Å²) in [6.45, 7) is 2.01. The number of nitrogens with zero attached hydrogens (tertiary/aromatic N) is 1. The Balaban J connectivity index is 2.13. The van der Waals surface area contributed by atoms with Gasteiger partial charge >= 0.3 is 5.97 Å². The largest absolute Gasteiger partial charge is 0.461 e. The van der Waals surface area contributed by atoms with Gasteiger partial charge in [0.2, 0.25) is 0 Å². The Kier molecular flexibility index (Phi) is 2.02. The third kappa shape index (κ3) is 1.49. The number of H-pyrrole nitrogens is 1. The molecule has 5 heteroatoms. The van der Waals surface area contributed by atoms with E-state index < -0.39 is 11.6 Å². The lowest BCUT2D eigenvalue weighted by atomic mass is 10.2. The van der Waals surface area contributed by atoms with Crippen molar-refractivity contribution < 1.29 is 13.9 Å². The molecule has 0 unspecified atom stereocenters. The summed E-state index contributed by atoms with van der Waals surface area (Å²) in [4.78, 5) is 11.2. The zero-order chi connectivity index (χ0) is 10.2. The van der Waals surface area contributed by atoms with Crippen molar-refractivity contribution in [2.24, 2.45) is 0 Å². The Morgan fingerprint density at radius 1 is 1.79 bits per heavy atom. The van der Waals surface area contributed by atoms with Crippen molar-refractivity contribution in [3.63, 3.8) is 0 Å². The van der Waals surface area contributed by atoms with Crippen molar-refractivity contribution in [1.29, 1.82) is 0 Å². The topological polar surface area (TPSA) is 55.0 Å². The molecule has 1 saturated carbocycles. The minimum absolute atomic E-state index is 0.214. The molecule has 1 aliphatic carbocycles. The van der Waals surface area contributed by atoms with Gasteiger partial charge in [0.15, 0.2) is 5.67 Å². The second-order valence-electron chi connectivity index (χ2n) is 3.35. The molecule has 0 aliphatic heterocycles. The zero-order valence-corrected chi connectivity index (χ0v) is 7.84. The van der Waals surface area contributed by atoms with Crippen LogP contribution in [-0.4, -0.2) is 22.8 Å². The molecule has 1 fully saturated rings. The summed E-state index contributed by atoms with van der Waals surface area (Å²) in [5.74, 6) is -0.490. The average Bonchev–Trinajstić information content (AvgIpc) is 2.72. The number of rotatable bonds is 3. The van der Waals surface area contributed by atoms with Crippen molar-refractivity contribution in [3.8, 4) is 0 Å². The van der Waals surface area contributed by atoms with Gasteiger partial charge in [-0.25, -0.2) is 9.18 Å². The van der Waals surface area contributed by atoms with Gasteiger partial charge in [0.1, 0.15) is 11.4 Å². The standard InChI is InChI=1S/C9H11FN2O2/c1-2-14-8(13)6-5-7(12-11-6)9(10)3-4-9/h5H,2-4H2,1H3,(H,11,12). The highest BCUT2D eigenvalue weighted by atomic mass is 19.1. The first-order chi connectivity index (χ1) is 6.65. The molecule has 0 bridgehead atoms. The lowest BCUT2D eigenvalue weighted by Crippen LogP contribution is -2.04. The molecule has 0 atom stereocenters. The van der Waals surface area contributed by atoms with Gasteiger partial charge in [-0.1, -0.05) is 0 Å². The Labute approximate surface area is 80.5 Å². The van der Waals surface area contributed by atoms with E-state index in [0.29, 0.717) is 25.1 Å². The Morgan fingerprint density at radius 2 is 2.50 bits per heavy atom. The molecule has 0 spiro atoms. The molecule has 0 aromatic carbocycles.